The summed E-state index contributed by atoms with van der Waals surface area (Å²) in [4.78, 5) is 64.3. The summed E-state index contributed by atoms with van der Waals surface area (Å²) in [6, 6.07) is 5.07. The van der Waals surface area contributed by atoms with E-state index in [1.807, 2.05) is 0 Å². The lowest BCUT2D eigenvalue weighted by Gasteiger charge is -2.32. The van der Waals surface area contributed by atoms with E-state index in [0.717, 1.165) is 11.1 Å². The predicted octanol–water partition coefficient (Wildman–Crippen LogP) is 1.87. The molecule has 3 rings (SSSR count). The first-order valence-corrected chi connectivity index (χ1v) is 16.5. The van der Waals surface area contributed by atoms with E-state index in [2.05, 4.69) is 35.8 Å². The number of piperidine rings is 1. The van der Waals surface area contributed by atoms with Gasteiger partial charge in [-0.15, -0.1) is 0 Å². The second kappa shape index (κ2) is 16.3. The molecule has 1 atom stereocenters. The Morgan fingerprint density at radius 1 is 0.938 bits per heavy atom. The van der Waals surface area contributed by atoms with Gasteiger partial charge in [-0.1, -0.05) is 12.1 Å². The summed E-state index contributed by atoms with van der Waals surface area (Å²) in [6.45, 7) is 9.68. The Bertz CT molecular complexity index is 1540. The topological polar surface area (TPSA) is 220 Å². The highest BCUT2D eigenvalue weighted by Gasteiger charge is 2.33. The van der Waals surface area contributed by atoms with Crippen LogP contribution < -0.4 is 20.7 Å². The quantitative estimate of drug-likeness (QED) is 0.122. The SMILES string of the molecule is CC(C)(C)OC(=O)NC(=NOCCNC(=O)CN1CCC[C@H](NS(=O)(=O)c2ccc(-c3cncnc3)cc2)C1=O)NC(=O)OC(C)(C)C. The van der Waals surface area contributed by atoms with E-state index in [-0.39, 0.29) is 37.6 Å². The lowest BCUT2D eigenvalue weighted by molar-refractivity contribution is -0.139. The Hall–Kier alpha value is -4.84. The monoisotopic (exact) mass is 690 g/mol. The van der Waals surface area contributed by atoms with Crippen LogP contribution in [0.1, 0.15) is 54.4 Å². The minimum Gasteiger partial charge on any atom is -0.444 e. The molecule has 4 N–H and O–H groups in total. The molecule has 4 amide bonds. The average molecular weight is 691 g/mol. The van der Waals surface area contributed by atoms with Crippen molar-refractivity contribution in [3.05, 3.63) is 43.0 Å². The van der Waals surface area contributed by atoms with Crippen molar-refractivity contribution < 1.29 is 41.9 Å². The third kappa shape index (κ3) is 12.7. The number of nitrogens with one attached hydrogen (secondary N) is 4. The molecular formula is C30H42N8O9S. The molecule has 262 valence electrons. The first-order chi connectivity index (χ1) is 22.4. The summed E-state index contributed by atoms with van der Waals surface area (Å²) >= 11 is 0. The molecule has 0 aliphatic carbocycles. The van der Waals surface area contributed by atoms with Crippen molar-refractivity contribution >= 4 is 40.0 Å². The van der Waals surface area contributed by atoms with Crippen LogP contribution in [-0.2, 0) is 33.9 Å². The van der Waals surface area contributed by atoms with Crippen LogP contribution in [0.25, 0.3) is 11.1 Å². The third-order valence-electron chi connectivity index (χ3n) is 6.13. The molecule has 1 aliphatic heterocycles. The molecule has 0 spiro atoms. The summed E-state index contributed by atoms with van der Waals surface area (Å²) in [5, 5.41) is 10.8. The number of hydrogen-bond donors (Lipinski definition) is 4. The first kappa shape index (κ1) is 37.6. The molecule has 1 aliphatic rings. The molecule has 1 aromatic heterocycles. The van der Waals surface area contributed by atoms with Crippen LogP contribution in [0.15, 0.2) is 53.0 Å². The van der Waals surface area contributed by atoms with Gasteiger partial charge in [-0.3, -0.25) is 20.2 Å². The predicted molar refractivity (Wildman–Crippen MR) is 173 cm³/mol. The van der Waals surface area contributed by atoms with Crippen molar-refractivity contribution in [2.75, 3.05) is 26.2 Å². The minimum atomic E-state index is -4.03. The Morgan fingerprint density at radius 3 is 2.08 bits per heavy atom. The van der Waals surface area contributed by atoms with Crippen LogP contribution in [-0.4, -0.2) is 96.7 Å². The molecule has 48 heavy (non-hydrogen) atoms. The van der Waals surface area contributed by atoms with E-state index in [1.54, 1.807) is 66.1 Å². The fraction of sp³-hybridized carbons (Fsp3) is 0.500. The summed E-state index contributed by atoms with van der Waals surface area (Å²) in [6.07, 6.45) is 3.56. The molecule has 0 radical (unpaired) electrons. The number of ether oxygens (including phenoxy) is 2. The van der Waals surface area contributed by atoms with Gasteiger partial charge in [-0.25, -0.2) is 28.0 Å². The Labute approximate surface area is 279 Å². The molecule has 18 heteroatoms. The number of oxime groups is 1. The zero-order valence-electron chi connectivity index (χ0n) is 27.7. The largest absolute Gasteiger partial charge is 0.444 e. The molecule has 2 heterocycles. The maximum atomic E-state index is 13.1. The lowest BCUT2D eigenvalue weighted by atomic mass is 10.1. The molecule has 2 aromatic rings. The van der Waals surface area contributed by atoms with Gasteiger partial charge >= 0.3 is 12.2 Å². The number of aromatic nitrogens is 2. The summed E-state index contributed by atoms with van der Waals surface area (Å²) in [5.74, 6) is -1.44. The van der Waals surface area contributed by atoms with E-state index in [1.165, 1.54) is 23.4 Å². The highest BCUT2D eigenvalue weighted by atomic mass is 32.2. The number of likely N-dealkylation sites (tertiary alicyclic amines) is 1. The van der Waals surface area contributed by atoms with Gasteiger partial charge in [0.1, 0.15) is 30.2 Å². The maximum absolute atomic E-state index is 13.1. The van der Waals surface area contributed by atoms with Crippen molar-refractivity contribution in [3.63, 3.8) is 0 Å². The van der Waals surface area contributed by atoms with Gasteiger partial charge < -0.3 is 24.5 Å². The molecule has 0 unspecified atom stereocenters. The van der Waals surface area contributed by atoms with Crippen molar-refractivity contribution in [3.8, 4) is 11.1 Å². The number of carbonyl (C=O) groups is 4. The number of alkyl carbamates (subject to hydrolysis) is 2. The molecule has 0 bridgehead atoms. The number of amides is 4. The lowest BCUT2D eigenvalue weighted by Crippen LogP contribution is -2.54. The van der Waals surface area contributed by atoms with Crippen LogP contribution in [0.5, 0.6) is 0 Å². The number of benzene rings is 1. The summed E-state index contributed by atoms with van der Waals surface area (Å²) < 4.78 is 38.9. The van der Waals surface area contributed by atoms with Crippen molar-refractivity contribution in [2.45, 2.75) is 76.5 Å². The van der Waals surface area contributed by atoms with Crippen molar-refractivity contribution in [2.24, 2.45) is 5.16 Å². The zero-order valence-corrected chi connectivity index (χ0v) is 28.5. The Morgan fingerprint density at radius 2 is 1.52 bits per heavy atom. The second-order valence-corrected chi connectivity index (χ2v) is 14.3. The van der Waals surface area contributed by atoms with Crippen LogP contribution in [0.3, 0.4) is 0 Å². The van der Waals surface area contributed by atoms with E-state index in [0.29, 0.717) is 6.42 Å². The normalized spacial score (nSPS) is 15.2. The van der Waals surface area contributed by atoms with Crippen LogP contribution >= 0.6 is 0 Å². The molecule has 0 saturated carbocycles. The van der Waals surface area contributed by atoms with Gasteiger partial charge in [-0.2, -0.15) is 4.72 Å². The van der Waals surface area contributed by atoms with E-state index >= 15 is 0 Å². The maximum Gasteiger partial charge on any atom is 0.414 e. The van der Waals surface area contributed by atoms with Crippen molar-refractivity contribution in [1.29, 1.82) is 0 Å². The second-order valence-electron chi connectivity index (χ2n) is 12.6. The molecular weight excluding hydrogens is 648 g/mol. The highest BCUT2D eigenvalue weighted by molar-refractivity contribution is 7.89. The summed E-state index contributed by atoms with van der Waals surface area (Å²) in [7, 11) is -4.03. The fourth-order valence-corrected chi connectivity index (χ4v) is 5.41. The zero-order chi connectivity index (χ0) is 35.5. The van der Waals surface area contributed by atoms with Crippen molar-refractivity contribution in [1.82, 2.24) is 35.5 Å². The van der Waals surface area contributed by atoms with Crippen LogP contribution in [0, 0.1) is 0 Å². The van der Waals surface area contributed by atoms with E-state index in [9.17, 15) is 27.6 Å². The minimum absolute atomic E-state index is 0.0147. The number of sulfonamides is 1. The highest BCUT2D eigenvalue weighted by Crippen LogP contribution is 2.21. The van der Waals surface area contributed by atoms with E-state index < -0.39 is 57.2 Å². The molecule has 1 aromatic carbocycles. The van der Waals surface area contributed by atoms with Gasteiger partial charge in [-0.05, 0) is 77.2 Å². The first-order valence-electron chi connectivity index (χ1n) is 15.0. The van der Waals surface area contributed by atoms with Crippen LogP contribution in [0.2, 0.25) is 0 Å². The number of rotatable bonds is 10. The molecule has 1 fully saturated rings. The number of guanidine groups is 1. The standard InChI is InChI=1S/C30H42N8O9S/c1-29(2,3)46-27(41)34-26(35-28(42)47-30(4,5)6)36-45-15-13-33-24(39)18-38-14-7-8-23(25(38)40)37-48(43,44)22-11-9-20(10-12-22)21-16-31-19-32-17-21/h9-12,16-17,19,23,37H,7-8,13-15,18H2,1-6H3,(H,33,39)(H2,34,35,36,41,42)/t23-/m0/s1. The number of hydrogen-bond acceptors (Lipinski definition) is 12. The smallest absolute Gasteiger partial charge is 0.414 e. The van der Waals surface area contributed by atoms with Gasteiger partial charge in [0.05, 0.1) is 18.0 Å². The molecule has 17 nitrogen and oxygen atoms in total. The van der Waals surface area contributed by atoms with Gasteiger partial charge in [0.25, 0.3) is 5.96 Å². The van der Waals surface area contributed by atoms with Gasteiger partial charge in [0.2, 0.25) is 21.8 Å². The fourth-order valence-electron chi connectivity index (χ4n) is 4.19. The number of carbonyl (C=O) groups excluding carboxylic acids is 4. The Balaban J connectivity index is 1.50. The molecule has 1 saturated heterocycles. The average Bonchev–Trinajstić information content (AvgIpc) is 2.97. The third-order valence-corrected chi connectivity index (χ3v) is 7.62. The van der Waals surface area contributed by atoms with E-state index in [4.69, 9.17) is 14.3 Å². The number of nitrogens with zero attached hydrogens (tertiary/aromatic N) is 4. The van der Waals surface area contributed by atoms with Crippen LogP contribution in [0.4, 0.5) is 9.59 Å². The summed E-state index contributed by atoms with van der Waals surface area (Å²) in [5.41, 5.74) is -0.191. The van der Waals surface area contributed by atoms with Gasteiger partial charge in [0.15, 0.2) is 0 Å². The van der Waals surface area contributed by atoms with Gasteiger partial charge in [0, 0.05) is 24.5 Å². The Kier molecular flexibility index (Phi) is 12.8.